The van der Waals surface area contributed by atoms with Crippen LogP contribution in [0.3, 0.4) is 0 Å². The van der Waals surface area contributed by atoms with Gasteiger partial charge in [0.15, 0.2) is 5.76 Å². The van der Waals surface area contributed by atoms with E-state index < -0.39 is 21.4 Å². The zero-order valence-corrected chi connectivity index (χ0v) is 25.3. The van der Waals surface area contributed by atoms with Crippen molar-refractivity contribution in [2.75, 3.05) is 0 Å². The molecule has 0 aliphatic rings. The summed E-state index contributed by atoms with van der Waals surface area (Å²) in [5.74, 6) is 0.146. The lowest BCUT2D eigenvalue weighted by atomic mass is 10.2. The van der Waals surface area contributed by atoms with E-state index in [-0.39, 0.29) is 39.7 Å². The normalized spacial score (nSPS) is 11.0. The van der Waals surface area contributed by atoms with Gasteiger partial charge in [0.25, 0.3) is 5.69 Å². The predicted octanol–water partition coefficient (Wildman–Crippen LogP) is 6.80. The summed E-state index contributed by atoms with van der Waals surface area (Å²) in [6.45, 7) is 4.17. The second kappa shape index (κ2) is 13.2. The van der Waals surface area contributed by atoms with Gasteiger partial charge in [-0.3, -0.25) is 25.0 Å². The van der Waals surface area contributed by atoms with Crippen LogP contribution in [0.5, 0.6) is 17.4 Å². The molecule has 14 nitrogen and oxygen atoms in total. The first-order valence-corrected chi connectivity index (χ1v) is 13.9. The van der Waals surface area contributed by atoms with Crippen LogP contribution in [0.4, 0.5) is 11.4 Å². The molecule has 0 spiro atoms. The van der Waals surface area contributed by atoms with Crippen molar-refractivity contribution in [1.82, 2.24) is 15.0 Å². The lowest BCUT2D eigenvalue weighted by Gasteiger charge is -2.10. The number of nitrogens with zero attached hydrogens (tertiary/aromatic N) is 5. The number of pyridine rings is 1. The van der Waals surface area contributed by atoms with Crippen molar-refractivity contribution in [3.8, 4) is 23.1 Å². The van der Waals surface area contributed by atoms with E-state index in [4.69, 9.17) is 13.9 Å². The van der Waals surface area contributed by atoms with Gasteiger partial charge in [0, 0.05) is 40.8 Å². The number of aromatic nitrogens is 2. The molecule has 0 aliphatic heterocycles. The van der Waals surface area contributed by atoms with E-state index in [1.54, 1.807) is 6.07 Å². The number of carbonyl (C=O) groups excluding carboxylic acids is 1. The number of aryl methyl sites for hydroxylation is 2. The van der Waals surface area contributed by atoms with Crippen molar-refractivity contribution in [2.24, 2.45) is 5.10 Å². The molecule has 2 aromatic carbocycles. The largest absolute Gasteiger partial charge is 0.486 e. The fraction of sp³-hybridized carbons (Fsp3) is 0.100. The number of carbonyl (C=O) groups is 1. The van der Waals surface area contributed by atoms with Gasteiger partial charge >= 0.3 is 11.6 Å². The summed E-state index contributed by atoms with van der Waals surface area (Å²) in [7, 11) is 0. The predicted molar refractivity (Wildman–Crippen MR) is 165 cm³/mol. The van der Waals surface area contributed by atoms with Crippen LogP contribution < -0.4 is 14.9 Å². The molecule has 228 valence electrons. The van der Waals surface area contributed by atoms with Gasteiger partial charge in [0.05, 0.1) is 20.5 Å². The van der Waals surface area contributed by atoms with Crippen LogP contribution in [0.25, 0.3) is 5.69 Å². The molecule has 5 aromatic rings. The Morgan fingerprint density at radius 1 is 1.02 bits per heavy atom. The third-order valence-electron chi connectivity index (χ3n) is 6.39. The number of ether oxygens (including phenoxy) is 2. The number of amides is 1. The first-order chi connectivity index (χ1) is 21.6. The molecule has 3 heterocycles. The maximum Gasteiger partial charge on any atom is 0.313 e. The molecule has 0 aliphatic carbocycles. The van der Waals surface area contributed by atoms with Crippen molar-refractivity contribution in [2.45, 2.75) is 20.5 Å². The second-order valence-electron chi connectivity index (χ2n) is 9.52. The number of rotatable bonds is 11. The quantitative estimate of drug-likeness (QED) is 0.0896. The number of nitro benzene ring substituents is 1. The van der Waals surface area contributed by atoms with Crippen LogP contribution >= 0.6 is 15.9 Å². The first kappa shape index (κ1) is 30.6. The van der Waals surface area contributed by atoms with Crippen molar-refractivity contribution < 1.29 is 28.5 Å². The Balaban J connectivity index is 1.18. The molecular weight excluding hydrogens is 652 g/mol. The highest BCUT2D eigenvalue weighted by Gasteiger charge is 2.22. The first-order valence-electron chi connectivity index (χ1n) is 13.2. The van der Waals surface area contributed by atoms with E-state index in [1.165, 1.54) is 30.5 Å². The third kappa shape index (κ3) is 7.22. The van der Waals surface area contributed by atoms with E-state index in [2.05, 4.69) is 48.1 Å². The summed E-state index contributed by atoms with van der Waals surface area (Å²) in [5.41, 5.74) is 5.16. The van der Waals surface area contributed by atoms with Crippen molar-refractivity contribution >= 4 is 39.4 Å². The van der Waals surface area contributed by atoms with E-state index in [0.29, 0.717) is 11.5 Å². The highest BCUT2D eigenvalue weighted by molar-refractivity contribution is 9.10. The number of nitrogens with one attached hydrogen (secondary N) is 1. The van der Waals surface area contributed by atoms with E-state index in [1.807, 2.05) is 38.1 Å². The Bertz CT molecular complexity index is 1900. The standard InChI is InChI=1S/C30H23BrN6O8/c1-18-3-4-19(2)35(18)21-5-8-23(9-6-21)43-17-24-10-11-27(44-24)30(38)34-33-15-20-13-25(31)29(26(14-20)37(41)42)45-28-12-7-22(16-32-28)36(39)40/h3-16H,17H2,1-2H3,(H,34,38)/b33-15+. The van der Waals surface area contributed by atoms with E-state index in [0.717, 1.165) is 29.3 Å². The Morgan fingerprint density at radius 3 is 2.40 bits per heavy atom. The minimum atomic E-state index is -0.674. The molecule has 15 heteroatoms. The van der Waals surface area contributed by atoms with Crippen LogP contribution in [0.2, 0.25) is 0 Å². The summed E-state index contributed by atoms with van der Waals surface area (Å²) in [6.07, 6.45) is 2.18. The molecular formula is C30H23BrN6O8. The third-order valence-corrected chi connectivity index (χ3v) is 6.98. The van der Waals surface area contributed by atoms with Gasteiger partial charge in [-0.25, -0.2) is 10.4 Å². The van der Waals surface area contributed by atoms with Crippen LogP contribution in [0.15, 0.2) is 93.0 Å². The van der Waals surface area contributed by atoms with Crippen LogP contribution in [-0.4, -0.2) is 31.5 Å². The fourth-order valence-corrected chi connectivity index (χ4v) is 4.82. The van der Waals surface area contributed by atoms with Gasteiger partial charge in [0.1, 0.15) is 24.3 Å². The van der Waals surface area contributed by atoms with E-state index >= 15 is 0 Å². The molecule has 45 heavy (non-hydrogen) atoms. The minimum Gasteiger partial charge on any atom is -0.486 e. The topological polar surface area (TPSA) is 177 Å². The number of nitro groups is 2. The van der Waals surface area contributed by atoms with E-state index in [9.17, 15) is 25.0 Å². The van der Waals surface area contributed by atoms with Gasteiger partial charge in [-0.2, -0.15) is 5.10 Å². The molecule has 0 unspecified atom stereocenters. The Hall–Kier alpha value is -5.83. The zero-order valence-electron chi connectivity index (χ0n) is 23.7. The molecule has 3 aromatic heterocycles. The van der Waals surface area contributed by atoms with Gasteiger partial charge < -0.3 is 18.5 Å². The maximum absolute atomic E-state index is 12.5. The molecule has 0 saturated heterocycles. The molecule has 0 atom stereocenters. The molecule has 0 radical (unpaired) electrons. The highest BCUT2D eigenvalue weighted by atomic mass is 79.9. The Morgan fingerprint density at radius 2 is 1.76 bits per heavy atom. The van der Waals surface area contributed by atoms with Gasteiger partial charge in [-0.05, 0) is 84.4 Å². The molecule has 5 rings (SSSR count). The van der Waals surface area contributed by atoms with Gasteiger partial charge in [-0.15, -0.1) is 0 Å². The lowest BCUT2D eigenvalue weighted by molar-refractivity contribution is -0.385. The molecule has 1 amide bonds. The monoisotopic (exact) mass is 674 g/mol. The summed E-state index contributed by atoms with van der Waals surface area (Å²) in [5, 5.41) is 26.4. The van der Waals surface area contributed by atoms with Crippen molar-refractivity contribution in [3.05, 3.63) is 132 Å². The smallest absolute Gasteiger partial charge is 0.313 e. The summed E-state index contributed by atoms with van der Waals surface area (Å²) >= 11 is 3.23. The fourth-order valence-electron chi connectivity index (χ4n) is 4.28. The van der Waals surface area contributed by atoms with Crippen molar-refractivity contribution in [3.63, 3.8) is 0 Å². The van der Waals surface area contributed by atoms with Gasteiger partial charge in [-0.1, -0.05) is 0 Å². The minimum absolute atomic E-state index is 0.00818. The van der Waals surface area contributed by atoms with Crippen molar-refractivity contribution in [1.29, 1.82) is 0 Å². The average Bonchev–Trinajstić information content (AvgIpc) is 3.63. The number of hydrazone groups is 1. The molecule has 0 saturated carbocycles. The number of halogens is 1. The zero-order chi connectivity index (χ0) is 32.1. The average molecular weight is 675 g/mol. The highest BCUT2D eigenvalue weighted by Crippen LogP contribution is 2.38. The van der Waals surface area contributed by atoms with Gasteiger partial charge in [0.2, 0.25) is 11.6 Å². The summed E-state index contributed by atoms with van der Waals surface area (Å²) in [4.78, 5) is 37.6. The SMILES string of the molecule is Cc1ccc(C)n1-c1ccc(OCc2ccc(C(=O)N/N=C/c3cc(Br)c(Oc4ccc([N+](=O)[O-])cn4)c([N+](=O)[O-])c3)o2)cc1. The Kier molecular flexibility index (Phi) is 8.99. The number of hydrogen-bond donors (Lipinski definition) is 1. The molecule has 1 N–H and O–H groups in total. The lowest BCUT2D eigenvalue weighted by Crippen LogP contribution is -2.16. The summed E-state index contributed by atoms with van der Waals surface area (Å²) < 4.78 is 19.2. The van der Waals surface area contributed by atoms with Crippen LogP contribution in [-0.2, 0) is 6.61 Å². The summed E-state index contributed by atoms with van der Waals surface area (Å²) in [6, 6.07) is 19.8. The number of hydrogen-bond acceptors (Lipinski definition) is 10. The molecule has 0 bridgehead atoms. The van der Waals surface area contributed by atoms with Crippen LogP contribution in [0, 0.1) is 34.1 Å². The van der Waals surface area contributed by atoms with Crippen LogP contribution in [0.1, 0.15) is 33.3 Å². The second-order valence-corrected chi connectivity index (χ2v) is 10.4. The number of benzene rings is 2. The molecule has 0 fully saturated rings. The maximum atomic E-state index is 12.5. The Labute approximate surface area is 263 Å². The number of furan rings is 1.